The average Bonchev–Trinajstić information content (AvgIpc) is 1.89. The normalized spacial score (nSPS) is 37.2. The highest BCUT2D eigenvalue weighted by Crippen LogP contribution is 2.41. The van der Waals surface area contributed by atoms with Gasteiger partial charge in [-0.1, -0.05) is 0 Å². The van der Waals surface area contributed by atoms with Crippen LogP contribution in [0.25, 0.3) is 0 Å². The summed E-state index contributed by atoms with van der Waals surface area (Å²) in [6, 6.07) is 0. The van der Waals surface area contributed by atoms with E-state index in [9.17, 15) is 0 Å². The van der Waals surface area contributed by atoms with Crippen LogP contribution in [0, 0.1) is 11.8 Å². The summed E-state index contributed by atoms with van der Waals surface area (Å²) in [4.78, 5) is 2.66. The average molecular weight is 167 g/mol. The summed E-state index contributed by atoms with van der Waals surface area (Å²) in [6.45, 7) is 9.73. The molecular formula is C11H21N. The zero-order chi connectivity index (χ0) is 8.77. The van der Waals surface area contributed by atoms with Gasteiger partial charge in [-0.25, -0.2) is 0 Å². The molecular weight excluding hydrogens is 146 g/mol. The molecule has 0 radical (unpaired) electrons. The first-order valence-corrected chi connectivity index (χ1v) is 5.32. The molecule has 70 valence electrons. The monoisotopic (exact) mass is 167 g/mol. The molecule has 1 unspecified atom stereocenters. The molecule has 2 fully saturated rings. The van der Waals surface area contributed by atoms with Crippen LogP contribution >= 0.6 is 0 Å². The lowest BCUT2D eigenvalue weighted by molar-refractivity contribution is -0.000261. The number of hydrogen-bond donors (Lipinski definition) is 0. The Morgan fingerprint density at radius 2 is 1.67 bits per heavy atom. The van der Waals surface area contributed by atoms with E-state index in [0.717, 1.165) is 11.8 Å². The SMILES string of the molecule is CC(C)(C)N1CCC2CC[C@H]2C1. The van der Waals surface area contributed by atoms with Crippen molar-refractivity contribution in [1.82, 2.24) is 4.90 Å². The summed E-state index contributed by atoms with van der Waals surface area (Å²) >= 11 is 0. The molecule has 1 aliphatic heterocycles. The minimum absolute atomic E-state index is 0.403. The third kappa shape index (κ3) is 1.39. The molecule has 2 rings (SSSR count). The molecule has 1 nitrogen and oxygen atoms in total. The van der Waals surface area contributed by atoms with Gasteiger partial charge in [0, 0.05) is 12.1 Å². The van der Waals surface area contributed by atoms with Gasteiger partial charge in [0.25, 0.3) is 0 Å². The van der Waals surface area contributed by atoms with Crippen molar-refractivity contribution >= 4 is 0 Å². The minimum Gasteiger partial charge on any atom is -0.298 e. The third-order valence-electron chi connectivity index (χ3n) is 3.75. The first-order chi connectivity index (χ1) is 5.57. The van der Waals surface area contributed by atoms with Crippen LogP contribution in [-0.4, -0.2) is 23.5 Å². The molecule has 0 aromatic carbocycles. The van der Waals surface area contributed by atoms with E-state index >= 15 is 0 Å². The number of piperidine rings is 1. The van der Waals surface area contributed by atoms with Gasteiger partial charge in [0.1, 0.15) is 0 Å². The summed E-state index contributed by atoms with van der Waals surface area (Å²) in [5, 5.41) is 0. The van der Waals surface area contributed by atoms with Gasteiger partial charge < -0.3 is 0 Å². The predicted molar refractivity (Wildman–Crippen MR) is 52.2 cm³/mol. The molecule has 0 bridgehead atoms. The minimum atomic E-state index is 0.403. The van der Waals surface area contributed by atoms with Gasteiger partial charge in [-0.05, 0) is 58.4 Å². The van der Waals surface area contributed by atoms with Gasteiger partial charge in [0.15, 0.2) is 0 Å². The molecule has 2 aliphatic rings. The Hall–Kier alpha value is -0.0400. The molecule has 0 spiro atoms. The highest BCUT2D eigenvalue weighted by Gasteiger charge is 2.38. The van der Waals surface area contributed by atoms with Crippen molar-refractivity contribution in [2.24, 2.45) is 11.8 Å². The maximum absolute atomic E-state index is 2.66. The highest BCUT2D eigenvalue weighted by molar-refractivity contribution is 4.91. The number of hydrogen-bond acceptors (Lipinski definition) is 1. The van der Waals surface area contributed by atoms with E-state index in [4.69, 9.17) is 0 Å². The van der Waals surface area contributed by atoms with Gasteiger partial charge in [-0.3, -0.25) is 4.90 Å². The second kappa shape index (κ2) is 2.73. The van der Waals surface area contributed by atoms with Crippen LogP contribution in [0.15, 0.2) is 0 Å². The highest BCUT2D eigenvalue weighted by atomic mass is 15.2. The maximum atomic E-state index is 2.66. The van der Waals surface area contributed by atoms with Crippen LogP contribution in [-0.2, 0) is 0 Å². The van der Waals surface area contributed by atoms with Gasteiger partial charge in [0.2, 0.25) is 0 Å². The van der Waals surface area contributed by atoms with Crippen LogP contribution in [0.3, 0.4) is 0 Å². The van der Waals surface area contributed by atoms with Crippen molar-refractivity contribution in [3.8, 4) is 0 Å². The number of fused-ring (bicyclic) bond motifs is 1. The molecule has 0 amide bonds. The second-order valence-electron chi connectivity index (χ2n) is 5.50. The van der Waals surface area contributed by atoms with Crippen molar-refractivity contribution in [2.75, 3.05) is 13.1 Å². The van der Waals surface area contributed by atoms with Crippen molar-refractivity contribution in [2.45, 2.75) is 45.6 Å². The Bertz CT molecular complexity index is 168. The van der Waals surface area contributed by atoms with Crippen LogP contribution in [0.5, 0.6) is 0 Å². The summed E-state index contributed by atoms with van der Waals surface area (Å²) < 4.78 is 0. The van der Waals surface area contributed by atoms with Crippen molar-refractivity contribution in [1.29, 1.82) is 0 Å². The summed E-state index contributed by atoms with van der Waals surface area (Å²) in [7, 11) is 0. The fourth-order valence-corrected chi connectivity index (χ4v) is 2.56. The van der Waals surface area contributed by atoms with E-state index in [1.54, 1.807) is 0 Å². The second-order valence-corrected chi connectivity index (χ2v) is 5.50. The lowest BCUT2D eigenvalue weighted by Crippen LogP contribution is -2.52. The van der Waals surface area contributed by atoms with Gasteiger partial charge in [-0.2, -0.15) is 0 Å². The summed E-state index contributed by atoms with van der Waals surface area (Å²) in [5.74, 6) is 2.15. The van der Waals surface area contributed by atoms with Crippen molar-refractivity contribution in [3.05, 3.63) is 0 Å². The van der Waals surface area contributed by atoms with E-state index in [1.807, 2.05) is 0 Å². The lowest BCUT2D eigenvalue weighted by Gasteiger charge is -2.49. The van der Waals surface area contributed by atoms with Gasteiger partial charge >= 0.3 is 0 Å². The number of likely N-dealkylation sites (tertiary alicyclic amines) is 1. The van der Waals surface area contributed by atoms with E-state index in [0.29, 0.717) is 5.54 Å². The Morgan fingerprint density at radius 3 is 2.08 bits per heavy atom. The predicted octanol–water partition coefficient (Wildman–Crippen LogP) is 2.52. The summed E-state index contributed by atoms with van der Waals surface area (Å²) in [5.41, 5.74) is 0.403. The lowest BCUT2D eigenvalue weighted by atomic mass is 9.69. The smallest absolute Gasteiger partial charge is 0.0125 e. The first-order valence-electron chi connectivity index (χ1n) is 5.32. The Morgan fingerprint density at radius 1 is 1.00 bits per heavy atom. The van der Waals surface area contributed by atoms with Crippen molar-refractivity contribution in [3.63, 3.8) is 0 Å². The van der Waals surface area contributed by atoms with Crippen LogP contribution < -0.4 is 0 Å². The van der Waals surface area contributed by atoms with E-state index in [1.165, 1.54) is 32.4 Å². The zero-order valence-corrected chi connectivity index (χ0v) is 8.64. The van der Waals surface area contributed by atoms with Crippen LogP contribution in [0.1, 0.15) is 40.0 Å². The third-order valence-corrected chi connectivity index (χ3v) is 3.75. The molecule has 2 atom stereocenters. The van der Waals surface area contributed by atoms with Crippen LogP contribution in [0.2, 0.25) is 0 Å². The van der Waals surface area contributed by atoms with Gasteiger partial charge in [-0.15, -0.1) is 0 Å². The molecule has 1 saturated carbocycles. The molecule has 0 aromatic rings. The topological polar surface area (TPSA) is 3.24 Å². The maximum Gasteiger partial charge on any atom is 0.0125 e. The number of nitrogens with zero attached hydrogens (tertiary/aromatic N) is 1. The fourth-order valence-electron chi connectivity index (χ4n) is 2.56. The largest absolute Gasteiger partial charge is 0.298 e. The molecule has 0 N–H and O–H groups in total. The Kier molecular flexibility index (Phi) is 1.95. The summed E-state index contributed by atoms with van der Waals surface area (Å²) in [6.07, 6.45) is 4.47. The van der Waals surface area contributed by atoms with Crippen molar-refractivity contribution < 1.29 is 0 Å². The Balaban J connectivity index is 1.94. The molecule has 1 aliphatic carbocycles. The standard InChI is InChI=1S/C11H21N/c1-11(2,3)12-7-6-9-4-5-10(9)8-12/h9-10H,4-8H2,1-3H3/t9?,10-/m0/s1. The van der Waals surface area contributed by atoms with Gasteiger partial charge in [0.05, 0.1) is 0 Å². The van der Waals surface area contributed by atoms with E-state index in [2.05, 4.69) is 25.7 Å². The first kappa shape index (κ1) is 8.55. The number of rotatable bonds is 0. The molecule has 1 heteroatoms. The molecule has 1 saturated heterocycles. The van der Waals surface area contributed by atoms with E-state index in [-0.39, 0.29) is 0 Å². The quantitative estimate of drug-likeness (QED) is 0.536. The zero-order valence-electron chi connectivity index (χ0n) is 8.64. The fraction of sp³-hybridized carbons (Fsp3) is 1.00. The van der Waals surface area contributed by atoms with E-state index < -0.39 is 0 Å². The molecule has 0 aromatic heterocycles. The Labute approximate surface area is 76.1 Å². The van der Waals surface area contributed by atoms with Crippen LogP contribution in [0.4, 0.5) is 0 Å². The molecule has 12 heavy (non-hydrogen) atoms. The molecule has 1 heterocycles.